The summed E-state index contributed by atoms with van der Waals surface area (Å²) in [5, 5.41) is 5.34. The minimum atomic E-state index is -0.300. The van der Waals surface area contributed by atoms with Crippen LogP contribution in [0.5, 0.6) is 17.2 Å². The summed E-state index contributed by atoms with van der Waals surface area (Å²) < 4.78 is 17.8. The molecule has 1 amide bonds. The number of thioether (sulfide) groups is 1. The molecule has 1 saturated heterocycles. The predicted molar refractivity (Wildman–Crippen MR) is 145 cm³/mol. The monoisotopic (exact) mass is 534 g/mol. The second-order valence-electron chi connectivity index (χ2n) is 9.03. The van der Waals surface area contributed by atoms with E-state index in [0.717, 1.165) is 38.0 Å². The standard InChI is InChI=1S/C27H26N4O4S2/c1-16-29-20-11-18(6-7-24(20)36-16)30-27(32)21-12-19(37-25-5-3-4-8-28-25)14-31(21)13-17-9-22(33-2)26-23(10-17)34-15-35-26/h3-11,19,21H,12-15H2,1-2H3,(H,30,32)/t19-,21+/m1/s1. The molecule has 2 aliphatic heterocycles. The number of rotatable bonds is 7. The maximum Gasteiger partial charge on any atom is 0.241 e. The van der Waals surface area contributed by atoms with E-state index >= 15 is 0 Å². The van der Waals surface area contributed by atoms with Crippen molar-refractivity contribution >= 4 is 44.9 Å². The number of likely N-dealkylation sites (tertiary alicyclic amines) is 1. The summed E-state index contributed by atoms with van der Waals surface area (Å²) in [5.74, 6) is 1.90. The molecule has 2 aromatic heterocycles. The highest BCUT2D eigenvalue weighted by atomic mass is 32.2. The Morgan fingerprint density at radius 3 is 3.00 bits per heavy atom. The minimum absolute atomic E-state index is 0.0249. The highest BCUT2D eigenvalue weighted by molar-refractivity contribution is 7.99. The maximum absolute atomic E-state index is 13.6. The highest BCUT2D eigenvalue weighted by Gasteiger charge is 2.38. The van der Waals surface area contributed by atoms with Gasteiger partial charge in [-0.25, -0.2) is 9.97 Å². The van der Waals surface area contributed by atoms with E-state index in [9.17, 15) is 4.79 Å². The predicted octanol–water partition coefficient (Wildman–Crippen LogP) is 5.11. The maximum atomic E-state index is 13.6. The Bertz CT molecular complexity index is 1450. The van der Waals surface area contributed by atoms with Crippen molar-refractivity contribution in [2.24, 2.45) is 0 Å². The molecule has 6 rings (SSSR count). The van der Waals surface area contributed by atoms with E-state index in [-0.39, 0.29) is 24.0 Å². The quantitative estimate of drug-likeness (QED) is 0.350. The van der Waals surface area contributed by atoms with Crippen LogP contribution in [0.25, 0.3) is 10.2 Å². The molecule has 10 heteroatoms. The number of benzene rings is 2. The Labute approximate surface area is 223 Å². The van der Waals surface area contributed by atoms with E-state index in [2.05, 4.69) is 20.2 Å². The lowest BCUT2D eigenvalue weighted by Crippen LogP contribution is -2.39. The van der Waals surface area contributed by atoms with Crippen LogP contribution < -0.4 is 19.5 Å². The van der Waals surface area contributed by atoms with Crippen LogP contribution >= 0.6 is 23.1 Å². The van der Waals surface area contributed by atoms with Crippen molar-refractivity contribution in [1.29, 1.82) is 0 Å². The molecule has 0 spiro atoms. The van der Waals surface area contributed by atoms with Gasteiger partial charge < -0.3 is 19.5 Å². The molecule has 0 aliphatic carbocycles. The molecule has 0 saturated carbocycles. The number of fused-ring (bicyclic) bond motifs is 2. The lowest BCUT2D eigenvalue weighted by atomic mass is 10.1. The normalized spacial score (nSPS) is 18.9. The molecule has 8 nitrogen and oxygen atoms in total. The van der Waals surface area contributed by atoms with Crippen LogP contribution in [0.3, 0.4) is 0 Å². The fourth-order valence-electron chi connectivity index (χ4n) is 4.84. The van der Waals surface area contributed by atoms with Gasteiger partial charge in [0.05, 0.1) is 33.4 Å². The number of carbonyl (C=O) groups excluding carboxylic acids is 1. The summed E-state index contributed by atoms with van der Waals surface area (Å²) in [6.07, 6.45) is 2.52. The molecule has 4 aromatic rings. The first kappa shape index (κ1) is 24.0. The van der Waals surface area contributed by atoms with Gasteiger partial charge in [0.1, 0.15) is 0 Å². The second kappa shape index (κ2) is 10.2. The molecule has 1 N–H and O–H groups in total. The third kappa shape index (κ3) is 5.09. The molecule has 4 heterocycles. The van der Waals surface area contributed by atoms with E-state index in [1.54, 1.807) is 36.4 Å². The number of nitrogens with one attached hydrogen (secondary N) is 1. The van der Waals surface area contributed by atoms with Crippen molar-refractivity contribution in [2.45, 2.75) is 36.2 Å². The van der Waals surface area contributed by atoms with Gasteiger partial charge in [0, 0.05) is 30.2 Å². The number of hydrogen-bond acceptors (Lipinski definition) is 9. The summed E-state index contributed by atoms with van der Waals surface area (Å²) in [6, 6.07) is 15.4. The van der Waals surface area contributed by atoms with Crippen molar-refractivity contribution in [1.82, 2.24) is 14.9 Å². The van der Waals surface area contributed by atoms with Crippen LogP contribution in [0.15, 0.2) is 59.8 Å². The lowest BCUT2D eigenvalue weighted by Gasteiger charge is -2.24. The van der Waals surface area contributed by atoms with Crippen molar-refractivity contribution < 1.29 is 19.0 Å². The second-order valence-corrected chi connectivity index (χ2v) is 11.6. The number of nitrogens with zero attached hydrogens (tertiary/aromatic N) is 3. The largest absolute Gasteiger partial charge is 0.493 e. The van der Waals surface area contributed by atoms with E-state index in [1.165, 1.54) is 0 Å². The Hall–Kier alpha value is -3.34. The number of thiazole rings is 1. The van der Waals surface area contributed by atoms with Crippen LogP contribution in [-0.2, 0) is 11.3 Å². The summed E-state index contributed by atoms with van der Waals surface area (Å²) in [5.41, 5.74) is 2.66. The number of methoxy groups -OCH3 is 1. The zero-order chi connectivity index (χ0) is 25.4. The van der Waals surface area contributed by atoms with Crippen LogP contribution in [0.1, 0.15) is 17.0 Å². The third-order valence-electron chi connectivity index (χ3n) is 6.46. The van der Waals surface area contributed by atoms with Gasteiger partial charge in [-0.15, -0.1) is 23.1 Å². The molecule has 0 unspecified atom stereocenters. The molecule has 2 atom stereocenters. The van der Waals surface area contributed by atoms with Gasteiger partial charge in [-0.2, -0.15) is 0 Å². The van der Waals surface area contributed by atoms with Gasteiger partial charge in [-0.05, 0) is 61.4 Å². The van der Waals surface area contributed by atoms with Gasteiger partial charge >= 0.3 is 0 Å². The van der Waals surface area contributed by atoms with E-state index in [4.69, 9.17) is 14.2 Å². The Morgan fingerprint density at radius 1 is 1.24 bits per heavy atom. The first-order valence-electron chi connectivity index (χ1n) is 12.0. The molecule has 2 aromatic carbocycles. The number of carbonyl (C=O) groups is 1. The van der Waals surface area contributed by atoms with Crippen molar-refractivity contribution in [3.63, 3.8) is 0 Å². The van der Waals surface area contributed by atoms with E-state index in [1.807, 2.05) is 55.5 Å². The highest BCUT2D eigenvalue weighted by Crippen LogP contribution is 2.43. The lowest BCUT2D eigenvalue weighted by molar-refractivity contribution is -0.120. The number of aryl methyl sites for hydroxylation is 1. The summed E-state index contributed by atoms with van der Waals surface area (Å²) in [7, 11) is 1.62. The first-order valence-corrected chi connectivity index (χ1v) is 13.7. The van der Waals surface area contributed by atoms with Crippen molar-refractivity contribution in [3.05, 3.63) is 65.3 Å². The molecule has 1 fully saturated rings. The van der Waals surface area contributed by atoms with Crippen LogP contribution in [-0.4, -0.2) is 52.5 Å². The summed E-state index contributed by atoms with van der Waals surface area (Å²) >= 11 is 3.36. The number of ether oxygens (including phenoxy) is 3. The summed E-state index contributed by atoms with van der Waals surface area (Å²) in [6.45, 7) is 3.49. The number of hydrogen-bond donors (Lipinski definition) is 1. The van der Waals surface area contributed by atoms with Crippen LogP contribution in [0.2, 0.25) is 0 Å². The molecule has 37 heavy (non-hydrogen) atoms. The zero-order valence-corrected chi connectivity index (χ0v) is 22.1. The van der Waals surface area contributed by atoms with Gasteiger partial charge in [0.2, 0.25) is 18.4 Å². The fraction of sp³-hybridized carbons (Fsp3) is 0.296. The number of amides is 1. The number of anilines is 1. The zero-order valence-electron chi connectivity index (χ0n) is 20.5. The average molecular weight is 535 g/mol. The summed E-state index contributed by atoms with van der Waals surface area (Å²) in [4.78, 5) is 24.9. The topological polar surface area (TPSA) is 85.8 Å². The molecule has 0 radical (unpaired) electrons. The SMILES string of the molecule is COc1cc(CN2C[C@H](Sc3ccccn3)C[C@H]2C(=O)Nc2ccc3sc(C)nc3c2)cc2c1OCO2. The van der Waals surface area contributed by atoms with Gasteiger partial charge in [0.25, 0.3) is 0 Å². The Balaban J connectivity index is 1.24. The van der Waals surface area contributed by atoms with Gasteiger partial charge in [-0.1, -0.05) is 6.07 Å². The minimum Gasteiger partial charge on any atom is -0.493 e. The molecular weight excluding hydrogens is 508 g/mol. The molecule has 0 bridgehead atoms. The van der Waals surface area contributed by atoms with E-state index < -0.39 is 0 Å². The van der Waals surface area contributed by atoms with Crippen molar-refractivity contribution in [3.8, 4) is 17.2 Å². The van der Waals surface area contributed by atoms with Crippen LogP contribution in [0, 0.1) is 6.92 Å². The average Bonchev–Trinajstić information content (AvgIpc) is 3.61. The fourth-order valence-corrected chi connectivity index (χ4v) is 6.81. The third-order valence-corrected chi connectivity index (χ3v) is 8.57. The van der Waals surface area contributed by atoms with Crippen molar-refractivity contribution in [2.75, 3.05) is 25.8 Å². The van der Waals surface area contributed by atoms with Gasteiger partial charge in [0.15, 0.2) is 11.5 Å². The van der Waals surface area contributed by atoms with Crippen LogP contribution in [0.4, 0.5) is 5.69 Å². The smallest absolute Gasteiger partial charge is 0.241 e. The molecule has 190 valence electrons. The Morgan fingerprint density at radius 2 is 2.16 bits per heavy atom. The van der Waals surface area contributed by atoms with Gasteiger partial charge in [-0.3, -0.25) is 9.69 Å². The van der Waals surface area contributed by atoms with E-state index in [0.29, 0.717) is 30.2 Å². The Kier molecular flexibility index (Phi) is 6.62. The number of pyridine rings is 1. The molecule has 2 aliphatic rings. The number of aromatic nitrogens is 2. The first-order chi connectivity index (χ1) is 18.1. The molecular formula is C27H26N4O4S2.